The Balaban J connectivity index is 1.12. The Bertz CT molecular complexity index is 1630. The molecule has 5 rings (SSSR count). The molecule has 0 aromatic heterocycles. The molecule has 5 unspecified atom stereocenters. The number of benzene rings is 3. The van der Waals surface area contributed by atoms with Gasteiger partial charge in [0, 0.05) is 54.9 Å². The van der Waals surface area contributed by atoms with Gasteiger partial charge < -0.3 is 32.7 Å². The van der Waals surface area contributed by atoms with Gasteiger partial charge in [-0.05, 0) is 42.3 Å². The molecule has 2 aliphatic rings. The normalized spacial score (nSPS) is 23.6. The predicted molar refractivity (Wildman–Crippen MR) is 193 cm³/mol. The van der Waals surface area contributed by atoms with Crippen molar-refractivity contribution in [3.05, 3.63) is 101 Å². The van der Waals surface area contributed by atoms with Gasteiger partial charge in [-0.15, -0.1) is 0 Å². The van der Waals surface area contributed by atoms with Gasteiger partial charge in [0.05, 0.1) is 68.2 Å². The average Bonchev–Trinajstić information content (AvgIpc) is 3.54. The number of esters is 2. The largest absolute Gasteiger partial charge is 0.497 e. The Kier molecular flexibility index (Phi) is 12.2. The van der Waals surface area contributed by atoms with E-state index in [0.29, 0.717) is 25.0 Å². The Hall–Kier alpha value is -4.34. The Morgan fingerprint density at radius 3 is 2.22 bits per heavy atom. The first-order valence-corrected chi connectivity index (χ1v) is 17.7. The van der Waals surface area contributed by atoms with Gasteiger partial charge >= 0.3 is 11.9 Å². The highest BCUT2D eigenvalue weighted by atomic mass is 16.5. The Labute approximate surface area is 297 Å². The minimum Gasteiger partial charge on any atom is -0.497 e. The van der Waals surface area contributed by atoms with E-state index in [0.717, 1.165) is 71.7 Å². The zero-order valence-corrected chi connectivity index (χ0v) is 30.6. The molecule has 0 saturated carbocycles. The molecule has 9 nitrogen and oxygen atoms in total. The molecule has 5 atom stereocenters. The van der Waals surface area contributed by atoms with Crippen LogP contribution in [0.1, 0.15) is 54.1 Å². The third-order valence-corrected chi connectivity index (χ3v) is 11.1. The summed E-state index contributed by atoms with van der Waals surface area (Å²) >= 11 is 0. The van der Waals surface area contributed by atoms with Crippen LogP contribution in [0.2, 0.25) is 0 Å². The number of likely N-dealkylation sites (tertiary alicyclic amines) is 1. The maximum absolute atomic E-state index is 12.5. The number of nitrogens with zero attached hydrogens (tertiary/aromatic N) is 2. The number of likely N-dealkylation sites (N-methyl/N-ethyl adjacent to an activating group) is 1. The quantitative estimate of drug-likeness (QED) is 0.0809. The van der Waals surface area contributed by atoms with Crippen molar-refractivity contribution in [2.24, 2.45) is 5.92 Å². The minimum absolute atomic E-state index is 0.162. The fraction of sp³-hybridized carbons (Fsp3) is 0.463. The van der Waals surface area contributed by atoms with E-state index in [-0.39, 0.29) is 12.6 Å². The highest BCUT2D eigenvalue weighted by Gasteiger charge is 2.41. The first-order valence-electron chi connectivity index (χ1n) is 17.7. The van der Waals surface area contributed by atoms with Crippen LogP contribution in [0.5, 0.6) is 17.2 Å². The summed E-state index contributed by atoms with van der Waals surface area (Å²) < 4.78 is 29.4. The van der Waals surface area contributed by atoms with E-state index in [2.05, 4.69) is 69.6 Å². The van der Waals surface area contributed by atoms with Gasteiger partial charge in [-0.25, -0.2) is 9.59 Å². The van der Waals surface area contributed by atoms with Crippen LogP contribution in [0.25, 0.3) is 0 Å². The number of ether oxygens (including phenoxy) is 5. The molecule has 2 aliphatic heterocycles. The van der Waals surface area contributed by atoms with Gasteiger partial charge in [0.25, 0.3) is 0 Å². The molecule has 268 valence electrons. The molecular weight excluding hydrogens is 632 g/mol. The van der Waals surface area contributed by atoms with Crippen molar-refractivity contribution in [3.63, 3.8) is 0 Å². The standard InChI is InChI=1S/C41H54N2O7/c1-30(33-11-8-7-9-12-33)43(3)22-19-32(28-43)29-50-41(45)18-17-40(44)49-24-10-21-42(2)23-20-34-26-38(47-5)39(48-6)27-36(34)37(42)25-31-13-15-35(46-4)16-14-31/h7-9,11-18,26-27,30,32,37H,10,19-25,28-29H2,1-6H3/q+2/b18-17-. The second-order valence-electron chi connectivity index (χ2n) is 14.3. The molecule has 9 heteroatoms. The molecule has 0 N–H and O–H groups in total. The van der Waals surface area contributed by atoms with Crippen LogP contribution in [0.15, 0.2) is 78.9 Å². The van der Waals surface area contributed by atoms with Gasteiger partial charge in [0.15, 0.2) is 11.5 Å². The molecule has 0 bridgehead atoms. The maximum Gasteiger partial charge on any atom is 0.331 e. The predicted octanol–water partition coefficient (Wildman–Crippen LogP) is 6.26. The number of hydrogen-bond donors (Lipinski definition) is 0. The number of fused-ring (bicyclic) bond motifs is 1. The molecular formula is C41H54N2O7+2. The summed E-state index contributed by atoms with van der Waals surface area (Å²) in [5.74, 6) is 1.52. The minimum atomic E-state index is -0.540. The SMILES string of the molecule is COc1ccc(CC2c3cc(OC)c(OC)cc3CC[N+]2(C)CCCOC(=O)/C=C\C(=O)OCC2CC[N+](C)(C(C)c3ccccc3)C2)cc1. The van der Waals surface area contributed by atoms with E-state index in [1.165, 1.54) is 34.4 Å². The van der Waals surface area contributed by atoms with Crippen molar-refractivity contribution in [3.8, 4) is 17.2 Å². The zero-order chi connectivity index (χ0) is 35.7. The number of carbonyl (C=O) groups excluding carboxylic acids is 2. The first kappa shape index (κ1) is 36.9. The Morgan fingerprint density at radius 2 is 1.54 bits per heavy atom. The smallest absolute Gasteiger partial charge is 0.331 e. The molecule has 0 spiro atoms. The summed E-state index contributed by atoms with van der Waals surface area (Å²) in [5.41, 5.74) is 5.05. The molecule has 0 amide bonds. The van der Waals surface area contributed by atoms with Crippen LogP contribution in [0.4, 0.5) is 0 Å². The van der Waals surface area contributed by atoms with E-state index in [4.69, 9.17) is 23.7 Å². The van der Waals surface area contributed by atoms with E-state index in [9.17, 15) is 9.59 Å². The molecule has 1 saturated heterocycles. The van der Waals surface area contributed by atoms with Crippen LogP contribution in [0.3, 0.4) is 0 Å². The number of carbonyl (C=O) groups is 2. The third kappa shape index (κ3) is 8.87. The van der Waals surface area contributed by atoms with Crippen LogP contribution in [-0.4, -0.2) is 95.7 Å². The fourth-order valence-electron chi connectivity index (χ4n) is 7.77. The first-order chi connectivity index (χ1) is 24.1. The summed E-state index contributed by atoms with van der Waals surface area (Å²) in [6.45, 7) is 6.61. The Morgan fingerprint density at radius 1 is 0.860 bits per heavy atom. The monoisotopic (exact) mass is 686 g/mol. The van der Waals surface area contributed by atoms with Crippen molar-refractivity contribution in [2.75, 3.05) is 74.8 Å². The van der Waals surface area contributed by atoms with Crippen molar-refractivity contribution in [1.82, 2.24) is 0 Å². The van der Waals surface area contributed by atoms with Gasteiger partial charge in [-0.1, -0.05) is 42.5 Å². The molecule has 50 heavy (non-hydrogen) atoms. The van der Waals surface area contributed by atoms with Gasteiger partial charge in [0.1, 0.15) is 24.4 Å². The summed E-state index contributed by atoms with van der Waals surface area (Å²) in [6, 6.07) is 23.5. The van der Waals surface area contributed by atoms with E-state index in [1.54, 1.807) is 21.3 Å². The molecule has 2 heterocycles. The number of rotatable bonds is 15. The highest BCUT2D eigenvalue weighted by molar-refractivity contribution is 5.91. The van der Waals surface area contributed by atoms with Crippen LogP contribution in [-0.2, 0) is 31.9 Å². The van der Waals surface area contributed by atoms with Crippen LogP contribution < -0.4 is 14.2 Å². The van der Waals surface area contributed by atoms with Gasteiger partial charge in [-0.3, -0.25) is 0 Å². The molecule has 1 fully saturated rings. The summed E-state index contributed by atoms with van der Waals surface area (Å²) in [7, 11) is 9.56. The van der Waals surface area contributed by atoms with Crippen molar-refractivity contribution >= 4 is 11.9 Å². The maximum atomic E-state index is 12.5. The number of hydrogen-bond acceptors (Lipinski definition) is 7. The van der Waals surface area contributed by atoms with Crippen molar-refractivity contribution in [2.45, 2.75) is 44.7 Å². The second-order valence-corrected chi connectivity index (χ2v) is 14.3. The van der Waals surface area contributed by atoms with Gasteiger partial charge in [-0.2, -0.15) is 0 Å². The summed E-state index contributed by atoms with van der Waals surface area (Å²) in [4.78, 5) is 25.0. The van der Waals surface area contributed by atoms with Gasteiger partial charge in [0.2, 0.25) is 0 Å². The van der Waals surface area contributed by atoms with Crippen LogP contribution >= 0.6 is 0 Å². The third-order valence-electron chi connectivity index (χ3n) is 11.1. The second kappa shape index (κ2) is 16.6. The lowest BCUT2D eigenvalue weighted by molar-refractivity contribution is -0.941. The fourth-order valence-corrected chi connectivity index (χ4v) is 7.77. The molecule has 3 aromatic rings. The lowest BCUT2D eigenvalue weighted by Crippen LogP contribution is -2.52. The van der Waals surface area contributed by atoms with E-state index >= 15 is 0 Å². The summed E-state index contributed by atoms with van der Waals surface area (Å²) in [5, 5.41) is 0. The molecule has 3 aromatic carbocycles. The van der Waals surface area contributed by atoms with E-state index < -0.39 is 11.9 Å². The molecule has 0 aliphatic carbocycles. The zero-order valence-electron chi connectivity index (χ0n) is 30.6. The average molecular weight is 687 g/mol. The van der Waals surface area contributed by atoms with Crippen molar-refractivity contribution in [1.29, 1.82) is 0 Å². The lowest BCUT2D eigenvalue weighted by atomic mass is 9.86. The highest BCUT2D eigenvalue weighted by Crippen LogP contribution is 2.42. The topological polar surface area (TPSA) is 80.3 Å². The van der Waals surface area contributed by atoms with E-state index in [1.807, 2.05) is 18.2 Å². The van der Waals surface area contributed by atoms with Crippen molar-refractivity contribution < 1.29 is 42.2 Å². The summed E-state index contributed by atoms with van der Waals surface area (Å²) in [6.07, 6.45) is 5.77. The number of quaternary nitrogens is 2. The molecule has 0 radical (unpaired) electrons. The number of methoxy groups -OCH3 is 3. The lowest BCUT2D eigenvalue weighted by Gasteiger charge is -2.46. The van der Waals surface area contributed by atoms with Crippen LogP contribution in [0, 0.1) is 5.92 Å².